The van der Waals surface area contributed by atoms with Crippen molar-refractivity contribution in [2.45, 2.75) is 12.8 Å². The maximum atomic E-state index is 12.0. The van der Waals surface area contributed by atoms with Gasteiger partial charge in [-0.15, -0.1) is 0 Å². The number of hydrogen-bond acceptors (Lipinski definition) is 4. The topological polar surface area (TPSA) is 125 Å². The summed E-state index contributed by atoms with van der Waals surface area (Å²) < 4.78 is 0. The van der Waals surface area contributed by atoms with Crippen LogP contribution in [0.15, 0.2) is 35.3 Å². The maximum Gasteiger partial charge on any atom is 1.00 e. The third kappa shape index (κ3) is 3.64. The van der Waals surface area contributed by atoms with E-state index in [1.165, 1.54) is 0 Å². The predicted molar refractivity (Wildman–Crippen MR) is 83.0 cm³/mol. The van der Waals surface area contributed by atoms with Crippen molar-refractivity contribution >= 4 is 23.0 Å². The van der Waals surface area contributed by atoms with Gasteiger partial charge >= 0.3 is 35.5 Å². The number of hydrogen-bond donors (Lipinski definition) is 4. The van der Waals surface area contributed by atoms with Gasteiger partial charge in [-0.25, -0.2) is 4.79 Å². The van der Waals surface area contributed by atoms with Crippen molar-refractivity contribution < 1.29 is 40.9 Å². The fraction of sp³-hybridized carbons (Fsp3) is 0.133. The molecule has 0 fully saturated rings. The Hall–Kier alpha value is -2.09. The number of anilines is 1. The van der Waals surface area contributed by atoms with Crippen LogP contribution in [0.5, 0.6) is 0 Å². The van der Waals surface area contributed by atoms with Gasteiger partial charge in [0.2, 0.25) is 5.95 Å². The van der Waals surface area contributed by atoms with E-state index in [4.69, 9.17) is 10.8 Å². The summed E-state index contributed by atoms with van der Waals surface area (Å²) in [5.74, 6) is -0.867. The standard InChI is InChI=1S/C15H14N4O3.Na.H/c16-15-18-12-11(13(20)19-15)10(7-17-12)6-3-8-1-4-9(5-2-8)14(21)22;;/h1-2,4-5,7H,3,6H2,(H,21,22)(H4,16,17,18,19,20);;/q;+1;-1. The van der Waals surface area contributed by atoms with E-state index >= 15 is 0 Å². The molecule has 0 aliphatic heterocycles. The van der Waals surface area contributed by atoms with E-state index in [0.717, 1.165) is 11.1 Å². The molecule has 0 saturated heterocycles. The molecule has 0 atom stereocenters. The Morgan fingerprint density at radius 3 is 2.61 bits per heavy atom. The van der Waals surface area contributed by atoms with Crippen LogP contribution in [0.3, 0.4) is 0 Å². The molecule has 1 aromatic carbocycles. The number of H-pyrrole nitrogens is 2. The molecule has 0 aliphatic rings. The zero-order valence-electron chi connectivity index (χ0n) is 13.6. The van der Waals surface area contributed by atoms with Gasteiger partial charge in [-0.1, -0.05) is 12.1 Å². The van der Waals surface area contributed by atoms with Gasteiger partial charge in [-0.2, -0.15) is 4.98 Å². The van der Waals surface area contributed by atoms with Crippen LogP contribution in [0.2, 0.25) is 0 Å². The average Bonchev–Trinajstić information content (AvgIpc) is 2.88. The van der Waals surface area contributed by atoms with Gasteiger partial charge in [-0.3, -0.25) is 9.78 Å². The van der Waals surface area contributed by atoms with Crippen LogP contribution in [0.4, 0.5) is 5.95 Å². The van der Waals surface area contributed by atoms with E-state index in [9.17, 15) is 9.59 Å². The van der Waals surface area contributed by atoms with Gasteiger partial charge in [0.1, 0.15) is 5.65 Å². The minimum atomic E-state index is -0.946. The Kier molecular flexibility index (Phi) is 5.25. The van der Waals surface area contributed by atoms with E-state index in [1.807, 2.05) is 0 Å². The fourth-order valence-corrected chi connectivity index (χ4v) is 2.41. The zero-order chi connectivity index (χ0) is 15.7. The van der Waals surface area contributed by atoms with Crippen molar-refractivity contribution in [1.29, 1.82) is 0 Å². The molecule has 3 rings (SSSR count). The Morgan fingerprint density at radius 2 is 1.96 bits per heavy atom. The third-order valence-electron chi connectivity index (χ3n) is 3.53. The van der Waals surface area contributed by atoms with E-state index in [-0.39, 0.29) is 48.1 Å². The number of carboxylic acids is 1. The number of aryl methyl sites for hydroxylation is 2. The Balaban J connectivity index is 0.00000144. The van der Waals surface area contributed by atoms with E-state index in [2.05, 4.69) is 15.0 Å². The van der Waals surface area contributed by atoms with Crippen LogP contribution in [-0.2, 0) is 12.8 Å². The molecule has 5 N–H and O–H groups in total. The summed E-state index contributed by atoms with van der Waals surface area (Å²) in [5, 5.41) is 9.38. The third-order valence-corrected chi connectivity index (χ3v) is 3.53. The van der Waals surface area contributed by atoms with Gasteiger partial charge in [-0.05, 0) is 36.1 Å². The van der Waals surface area contributed by atoms with Crippen molar-refractivity contribution in [3.8, 4) is 0 Å². The molecule has 23 heavy (non-hydrogen) atoms. The number of nitrogens with zero attached hydrogens (tertiary/aromatic N) is 1. The normalized spacial score (nSPS) is 10.4. The number of aromatic carboxylic acids is 1. The number of rotatable bonds is 4. The fourth-order valence-electron chi connectivity index (χ4n) is 2.41. The molecule has 3 aromatic rings. The summed E-state index contributed by atoms with van der Waals surface area (Å²) in [4.78, 5) is 32.2. The molecule has 0 amide bonds. The molecule has 2 heterocycles. The molecule has 0 spiro atoms. The van der Waals surface area contributed by atoms with Crippen LogP contribution < -0.4 is 40.9 Å². The first kappa shape index (κ1) is 17.3. The molecule has 2 aromatic heterocycles. The number of fused-ring (bicyclic) bond motifs is 1. The molecule has 114 valence electrons. The Morgan fingerprint density at radius 1 is 1.26 bits per heavy atom. The minimum absolute atomic E-state index is 0. The van der Waals surface area contributed by atoms with Crippen molar-refractivity contribution in [2.24, 2.45) is 0 Å². The quantitative estimate of drug-likeness (QED) is 0.432. The second-order valence-corrected chi connectivity index (χ2v) is 4.99. The van der Waals surface area contributed by atoms with Gasteiger partial charge in [0.15, 0.2) is 0 Å². The van der Waals surface area contributed by atoms with Crippen molar-refractivity contribution in [2.75, 3.05) is 5.73 Å². The summed E-state index contributed by atoms with van der Waals surface area (Å²) in [6, 6.07) is 6.70. The summed E-state index contributed by atoms with van der Waals surface area (Å²) in [7, 11) is 0. The molecular weight excluding hydrogens is 307 g/mol. The van der Waals surface area contributed by atoms with Crippen LogP contribution in [0.1, 0.15) is 22.9 Å². The number of carbonyl (C=O) groups is 1. The predicted octanol–water partition coefficient (Wildman–Crippen LogP) is -1.57. The van der Waals surface area contributed by atoms with Crippen LogP contribution >= 0.6 is 0 Å². The SMILES string of the molecule is Nc1nc2[nH]cc(CCc3ccc(C(=O)O)cc3)c2c(=O)[nH]1.[H-].[Na+]. The molecule has 0 radical (unpaired) electrons. The first-order valence-electron chi connectivity index (χ1n) is 6.72. The molecule has 0 bridgehead atoms. The van der Waals surface area contributed by atoms with E-state index in [1.54, 1.807) is 30.5 Å². The first-order valence-corrected chi connectivity index (χ1v) is 6.72. The summed E-state index contributed by atoms with van der Waals surface area (Å²) in [6.07, 6.45) is 3.08. The summed E-state index contributed by atoms with van der Waals surface area (Å²) in [6.45, 7) is 0. The monoisotopic (exact) mass is 322 g/mol. The largest absolute Gasteiger partial charge is 1.00 e. The van der Waals surface area contributed by atoms with Crippen LogP contribution in [-0.4, -0.2) is 26.0 Å². The number of nitrogens with two attached hydrogens (primary N) is 1. The van der Waals surface area contributed by atoms with E-state index in [0.29, 0.717) is 23.9 Å². The second-order valence-electron chi connectivity index (χ2n) is 4.99. The van der Waals surface area contributed by atoms with Crippen molar-refractivity contribution in [1.82, 2.24) is 15.0 Å². The molecule has 7 nitrogen and oxygen atoms in total. The Labute approximate surface area is 154 Å². The number of carboxylic acid groups (broad SMARTS) is 1. The average molecular weight is 322 g/mol. The van der Waals surface area contributed by atoms with Gasteiger partial charge < -0.3 is 17.3 Å². The number of benzene rings is 1. The molecule has 0 aliphatic carbocycles. The van der Waals surface area contributed by atoms with E-state index < -0.39 is 5.97 Å². The molecule has 0 unspecified atom stereocenters. The Bertz CT molecular complexity index is 905. The smallest absolute Gasteiger partial charge is 1.00 e. The van der Waals surface area contributed by atoms with Crippen molar-refractivity contribution in [3.63, 3.8) is 0 Å². The minimum Gasteiger partial charge on any atom is -1.00 e. The molecule has 0 saturated carbocycles. The summed E-state index contributed by atoms with van der Waals surface area (Å²) >= 11 is 0. The molecule has 8 heteroatoms. The second kappa shape index (κ2) is 6.99. The van der Waals surface area contributed by atoms with Gasteiger partial charge in [0.25, 0.3) is 5.56 Å². The number of aromatic nitrogens is 3. The zero-order valence-corrected chi connectivity index (χ0v) is 14.6. The molecular formula is C15H15N4NaO3. The summed E-state index contributed by atoms with van der Waals surface area (Å²) in [5.41, 5.74) is 7.82. The van der Waals surface area contributed by atoms with Gasteiger partial charge in [0.05, 0.1) is 10.9 Å². The maximum absolute atomic E-state index is 12.0. The number of aromatic amines is 2. The number of nitrogen functional groups attached to an aromatic ring is 1. The first-order chi connectivity index (χ1) is 10.5. The van der Waals surface area contributed by atoms with Crippen molar-refractivity contribution in [3.05, 3.63) is 57.5 Å². The van der Waals surface area contributed by atoms with Crippen LogP contribution in [0.25, 0.3) is 11.0 Å². The van der Waals surface area contributed by atoms with Crippen LogP contribution in [0, 0.1) is 0 Å². The number of nitrogens with one attached hydrogen (secondary N) is 2. The van der Waals surface area contributed by atoms with Gasteiger partial charge in [0, 0.05) is 6.20 Å².